The molecule has 2 aromatic heterocycles. The largest absolute Gasteiger partial charge is 0.497 e. The molecule has 2 atom stereocenters. The van der Waals surface area contributed by atoms with E-state index < -0.39 is 0 Å². The van der Waals surface area contributed by atoms with Crippen molar-refractivity contribution in [3.8, 4) is 11.5 Å². The summed E-state index contributed by atoms with van der Waals surface area (Å²) in [6, 6.07) is 13.4. The number of aromatic nitrogens is 2. The van der Waals surface area contributed by atoms with Crippen LogP contribution >= 0.6 is 0 Å². The molecule has 4 heterocycles. The lowest BCUT2D eigenvalue weighted by Crippen LogP contribution is -2.34. The quantitative estimate of drug-likeness (QED) is 0.195. The fourth-order valence-electron chi connectivity index (χ4n) is 6.67. The lowest BCUT2D eigenvalue weighted by Gasteiger charge is -2.32. The van der Waals surface area contributed by atoms with Crippen molar-refractivity contribution in [3.05, 3.63) is 82.7 Å². The van der Waals surface area contributed by atoms with Gasteiger partial charge in [-0.3, -0.25) is 0 Å². The Kier molecular flexibility index (Phi) is 7.24. The average molecular weight is 525 g/mol. The highest BCUT2D eigenvalue weighted by molar-refractivity contribution is 5.87. The fraction of sp³-hybridized carbons (Fsp3) is 0.394. The molecule has 0 radical (unpaired) electrons. The van der Waals surface area contributed by atoms with E-state index in [4.69, 9.17) is 9.47 Å². The second-order valence-electron chi connectivity index (χ2n) is 11.0. The maximum atomic E-state index is 5.50. The number of H-pyrrole nitrogens is 2. The molecule has 4 aromatic rings. The molecule has 4 N–H and O–H groups in total. The maximum absolute atomic E-state index is 5.50. The van der Waals surface area contributed by atoms with Gasteiger partial charge >= 0.3 is 0 Å². The minimum absolute atomic E-state index is 0.279. The third-order valence-corrected chi connectivity index (χ3v) is 8.76. The summed E-state index contributed by atoms with van der Waals surface area (Å²) < 4.78 is 11.0. The molecule has 39 heavy (non-hydrogen) atoms. The summed E-state index contributed by atoms with van der Waals surface area (Å²) in [5, 5.41) is 10.3. The van der Waals surface area contributed by atoms with Crippen molar-refractivity contribution in [1.82, 2.24) is 20.6 Å². The highest BCUT2D eigenvalue weighted by Crippen LogP contribution is 2.40. The molecule has 0 aliphatic carbocycles. The molecule has 0 fully saturated rings. The Labute approximate surface area is 230 Å². The highest BCUT2D eigenvalue weighted by Gasteiger charge is 2.31. The molecular formula is C33H40N4O2. The molecule has 0 bridgehead atoms. The molecule has 0 spiro atoms. The Morgan fingerprint density at radius 2 is 1.36 bits per heavy atom. The highest BCUT2D eigenvalue weighted by atomic mass is 16.5. The summed E-state index contributed by atoms with van der Waals surface area (Å²) in [5.41, 5.74) is 9.33. The van der Waals surface area contributed by atoms with E-state index in [-0.39, 0.29) is 12.1 Å². The normalized spacial score (nSPS) is 20.4. The molecule has 0 saturated carbocycles. The third kappa shape index (κ3) is 4.88. The van der Waals surface area contributed by atoms with Crippen molar-refractivity contribution >= 4 is 21.8 Å². The number of ether oxygens (including phenoxy) is 2. The predicted octanol–water partition coefficient (Wildman–Crippen LogP) is 6.66. The summed E-state index contributed by atoms with van der Waals surface area (Å²) in [5.74, 6) is 2.20. The minimum atomic E-state index is 0.279. The van der Waals surface area contributed by atoms with Gasteiger partial charge in [0, 0.05) is 57.4 Å². The zero-order valence-electron chi connectivity index (χ0n) is 23.5. The first kappa shape index (κ1) is 25.8. The maximum Gasteiger partial charge on any atom is 0.120 e. The number of hydrogen-bond acceptors (Lipinski definition) is 4. The van der Waals surface area contributed by atoms with E-state index in [9.17, 15) is 0 Å². The van der Waals surface area contributed by atoms with Gasteiger partial charge in [0.15, 0.2) is 0 Å². The summed E-state index contributed by atoms with van der Waals surface area (Å²) in [6.45, 7) is 6.37. The van der Waals surface area contributed by atoms with E-state index in [1.165, 1.54) is 38.9 Å². The van der Waals surface area contributed by atoms with Crippen molar-refractivity contribution in [2.75, 3.05) is 27.3 Å². The second kappa shape index (κ2) is 10.9. The van der Waals surface area contributed by atoms with Crippen LogP contribution in [0.2, 0.25) is 0 Å². The number of fused-ring (bicyclic) bond motifs is 6. The second-order valence-corrected chi connectivity index (χ2v) is 11.0. The molecular weight excluding hydrogens is 484 g/mol. The van der Waals surface area contributed by atoms with E-state index in [1.54, 1.807) is 14.2 Å². The molecule has 6 rings (SSSR count). The van der Waals surface area contributed by atoms with Crippen LogP contribution in [0.5, 0.6) is 11.5 Å². The van der Waals surface area contributed by atoms with Gasteiger partial charge in [-0.15, -0.1) is 0 Å². The molecule has 2 aliphatic rings. The topological polar surface area (TPSA) is 74.1 Å². The lowest BCUT2D eigenvalue weighted by molar-refractivity contribution is 0.343. The van der Waals surface area contributed by atoms with Crippen LogP contribution in [0.25, 0.3) is 21.8 Å². The van der Waals surface area contributed by atoms with E-state index in [0.29, 0.717) is 5.92 Å². The molecule has 2 aliphatic heterocycles. The zero-order chi connectivity index (χ0) is 26.9. The van der Waals surface area contributed by atoms with Gasteiger partial charge in [-0.1, -0.05) is 23.8 Å². The first-order valence-corrected chi connectivity index (χ1v) is 14.2. The monoisotopic (exact) mass is 524 g/mol. The smallest absolute Gasteiger partial charge is 0.120 e. The van der Waals surface area contributed by atoms with E-state index in [1.807, 2.05) is 0 Å². The van der Waals surface area contributed by atoms with Gasteiger partial charge in [-0.25, -0.2) is 0 Å². The van der Waals surface area contributed by atoms with E-state index >= 15 is 0 Å². The number of nitrogens with one attached hydrogen (secondary N) is 4. The number of aromatic amines is 2. The van der Waals surface area contributed by atoms with Crippen LogP contribution in [0.3, 0.4) is 0 Å². The lowest BCUT2D eigenvalue weighted by atomic mass is 9.82. The van der Waals surface area contributed by atoms with Gasteiger partial charge < -0.3 is 30.1 Å². The van der Waals surface area contributed by atoms with Crippen LogP contribution in [0.15, 0.2) is 60.2 Å². The third-order valence-electron chi connectivity index (χ3n) is 8.76. The van der Waals surface area contributed by atoms with Crippen molar-refractivity contribution < 1.29 is 9.47 Å². The van der Waals surface area contributed by atoms with Gasteiger partial charge in [0.2, 0.25) is 0 Å². The van der Waals surface area contributed by atoms with E-state index in [0.717, 1.165) is 61.3 Å². The molecule has 0 amide bonds. The van der Waals surface area contributed by atoms with E-state index in [2.05, 4.69) is 89.1 Å². The van der Waals surface area contributed by atoms with Crippen molar-refractivity contribution in [2.45, 2.75) is 51.6 Å². The van der Waals surface area contributed by atoms with Crippen LogP contribution in [0, 0.1) is 5.92 Å². The van der Waals surface area contributed by atoms with Gasteiger partial charge in [-0.05, 0) is 93.9 Å². The van der Waals surface area contributed by atoms with Gasteiger partial charge in [-0.2, -0.15) is 0 Å². The fourth-order valence-corrected chi connectivity index (χ4v) is 6.67. The standard InChI is InChI=1S/C33H40N4O2/c1-5-6-7-20(2)21(16-30-32-26(12-14-34-30)24-10-8-22(38-3)18-28(24)36-32)17-31-33-27(13-15-35-31)25-11-9-23(39-4)19-29(25)37-33/h5-11,18-19,21,30-31,34-37H,12-17H2,1-4H3/b6-5-,20-7+. The number of benzene rings is 2. The molecule has 6 heteroatoms. The minimum Gasteiger partial charge on any atom is -0.497 e. The van der Waals surface area contributed by atoms with Gasteiger partial charge in [0.1, 0.15) is 11.5 Å². The van der Waals surface area contributed by atoms with Crippen LogP contribution in [-0.4, -0.2) is 37.3 Å². The Balaban J connectivity index is 1.32. The van der Waals surface area contributed by atoms with Gasteiger partial charge in [0.05, 0.1) is 14.2 Å². The number of hydrogen-bond donors (Lipinski definition) is 4. The van der Waals surface area contributed by atoms with Gasteiger partial charge in [0.25, 0.3) is 0 Å². The van der Waals surface area contributed by atoms with Crippen molar-refractivity contribution in [2.24, 2.45) is 5.92 Å². The van der Waals surface area contributed by atoms with Crippen LogP contribution in [0.4, 0.5) is 0 Å². The number of rotatable bonds is 8. The summed E-state index contributed by atoms with van der Waals surface area (Å²) in [7, 11) is 3.46. The van der Waals surface area contributed by atoms with Crippen molar-refractivity contribution in [3.63, 3.8) is 0 Å². The Hall–Kier alpha value is -3.48. The van der Waals surface area contributed by atoms with Crippen molar-refractivity contribution in [1.29, 1.82) is 0 Å². The summed E-state index contributed by atoms with van der Waals surface area (Å²) in [6.07, 6.45) is 10.8. The Morgan fingerprint density at radius 1 is 0.846 bits per heavy atom. The zero-order valence-corrected chi connectivity index (χ0v) is 23.5. The number of allylic oxidation sites excluding steroid dienone is 4. The molecule has 2 unspecified atom stereocenters. The first-order chi connectivity index (χ1) is 19.1. The molecule has 0 saturated heterocycles. The summed E-state index contributed by atoms with van der Waals surface area (Å²) >= 11 is 0. The first-order valence-electron chi connectivity index (χ1n) is 14.2. The SMILES string of the molecule is C/C=C\C=C(/C)C(CC1NCCc2c1[nH]c1cc(OC)ccc21)CC1NCCc2c1[nH]c1cc(OC)ccc21. The van der Waals surface area contributed by atoms with Crippen LogP contribution < -0.4 is 20.1 Å². The summed E-state index contributed by atoms with van der Waals surface area (Å²) in [4.78, 5) is 7.53. The average Bonchev–Trinajstić information content (AvgIpc) is 3.54. The van der Waals surface area contributed by atoms with Crippen LogP contribution in [-0.2, 0) is 12.8 Å². The molecule has 2 aromatic carbocycles. The molecule has 6 nitrogen and oxygen atoms in total. The Morgan fingerprint density at radius 3 is 1.82 bits per heavy atom. The number of methoxy groups -OCH3 is 2. The Bertz CT molecular complexity index is 1440. The predicted molar refractivity (Wildman–Crippen MR) is 160 cm³/mol. The van der Waals surface area contributed by atoms with Crippen LogP contribution in [0.1, 0.15) is 61.3 Å². The molecule has 204 valence electrons.